The van der Waals surface area contributed by atoms with E-state index in [1.807, 2.05) is 7.05 Å². The third kappa shape index (κ3) is 2.16. The van der Waals surface area contributed by atoms with Gasteiger partial charge in [0.1, 0.15) is 0 Å². The van der Waals surface area contributed by atoms with Gasteiger partial charge in [0.05, 0.1) is 0 Å². The molecule has 4 aliphatic carbocycles. The molecule has 0 aromatic rings. The van der Waals surface area contributed by atoms with Crippen molar-refractivity contribution >= 4 is 17.3 Å². The Hall–Kier alpha value is -0.350. The number of piperazine rings is 1. The Kier molecular flexibility index (Phi) is 3.42. The van der Waals surface area contributed by atoms with Crippen molar-refractivity contribution in [2.75, 3.05) is 33.2 Å². The monoisotopic (exact) mass is 293 g/mol. The summed E-state index contributed by atoms with van der Waals surface area (Å²) in [4.78, 5) is 5.16. The van der Waals surface area contributed by atoms with Crippen LogP contribution in [0.1, 0.15) is 32.1 Å². The van der Waals surface area contributed by atoms with Crippen LogP contribution in [0, 0.1) is 23.7 Å². The van der Waals surface area contributed by atoms with Crippen LogP contribution in [0.3, 0.4) is 0 Å². The number of nitrogens with zero attached hydrogens (tertiary/aromatic N) is 2. The maximum absolute atomic E-state index is 5.37. The van der Waals surface area contributed by atoms with Crippen molar-refractivity contribution in [2.45, 2.75) is 38.1 Å². The first-order chi connectivity index (χ1) is 9.74. The summed E-state index contributed by atoms with van der Waals surface area (Å²) in [5.41, 5.74) is 0. The molecule has 5 fully saturated rings. The first kappa shape index (κ1) is 13.3. The van der Waals surface area contributed by atoms with Crippen LogP contribution < -0.4 is 5.32 Å². The minimum Gasteiger partial charge on any atom is -0.366 e. The molecule has 1 heterocycles. The number of rotatable bonds is 1. The predicted molar refractivity (Wildman–Crippen MR) is 85.6 cm³/mol. The van der Waals surface area contributed by atoms with Crippen molar-refractivity contribution in [3.05, 3.63) is 0 Å². The molecule has 1 saturated heterocycles. The van der Waals surface area contributed by atoms with Gasteiger partial charge in [-0.25, -0.2) is 0 Å². The number of hydrogen-bond donors (Lipinski definition) is 1. The molecule has 5 rings (SSSR count). The van der Waals surface area contributed by atoms with Crippen molar-refractivity contribution < 1.29 is 0 Å². The van der Waals surface area contributed by atoms with E-state index in [1.165, 1.54) is 38.8 Å². The van der Waals surface area contributed by atoms with Crippen LogP contribution >= 0.6 is 12.2 Å². The lowest BCUT2D eigenvalue weighted by Gasteiger charge is -2.58. The fraction of sp³-hybridized carbons (Fsp3) is 0.938. The van der Waals surface area contributed by atoms with E-state index >= 15 is 0 Å². The quantitative estimate of drug-likeness (QED) is 0.744. The highest BCUT2D eigenvalue weighted by molar-refractivity contribution is 7.80. The summed E-state index contributed by atoms with van der Waals surface area (Å²) in [5.74, 6) is 4.22. The normalized spacial score (nSPS) is 43.9. The molecule has 4 heteroatoms. The molecule has 0 aromatic heterocycles. The Morgan fingerprint density at radius 3 is 1.95 bits per heavy atom. The summed E-state index contributed by atoms with van der Waals surface area (Å²) in [5, 5.41) is 4.05. The Bertz CT molecular complexity index is 361. The van der Waals surface area contributed by atoms with E-state index in [2.05, 4.69) is 15.1 Å². The van der Waals surface area contributed by atoms with Gasteiger partial charge >= 0.3 is 0 Å². The largest absolute Gasteiger partial charge is 0.366 e. The Morgan fingerprint density at radius 2 is 1.45 bits per heavy atom. The second-order valence-electron chi connectivity index (χ2n) is 7.50. The van der Waals surface area contributed by atoms with E-state index in [9.17, 15) is 0 Å². The molecule has 1 aliphatic heterocycles. The SMILES string of the molecule is CNC(=S)N1CCN(C2C3CC4CC(C3)CC2C4)CC1. The standard InChI is InChI=1S/C16H27N3S/c1-17-16(20)19-4-2-18(3-5-19)15-13-7-11-6-12(9-13)10-14(15)8-11/h11-15H,2-10H2,1H3,(H,17,20). The van der Waals surface area contributed by atoms with E-state index in [0.717, 1.165) is 47.9 Å². The van der Waals surface area contributed by atoms with Crippen LogP contribution in [0.25, 0.3) is 0 Å². The van der Waals surface area contributed by atoms with Gasteiger partial charge in [0.15, 0.2) is 5.11 Å². The first-order valence-electron chi connectivity index (χ1n) is 8.45. The van der Waals surface area contributed by atoms with E-state index in [0.29, 0.717) is 0 Å². The maximum atomic E-state index is 5.37. The lowest BCUT2D eigenvalue weighted by Crippen LogP contribution is -2.61. The fourth-order valence-corrected chi connectivity index (χ4v) is 6.06. The number of nitrogens with one attached hydrogen (secondary N) is 1. The van der Waals surface area contributed by atoms with E-state index in [-0.39, 0.29) is 0 Å². The van der Waals surface area contributed by atoms with Crippen molar-refractivity contribution in [3.8, 4) is 0 Å². The maximum Gasteiger partial charge on any atom is 0.168 e. The zero-order chi connectivity index (χ0) is 13.7. The van der Waals surface area contributed by atoms with Gasteiger partial charge in [-0.15, -0.1) is 0 Å². The molecule has 0 atom stereocenters. The van der Waals surface area contributed by atoms with Gasteiger partial charge in [-0.2, -0.15) is 0 Å². The van der Waals surface area contributed by atoms with Gasteiger partial charge in [0.2, 0.25) is 0 Å². The Morgan fingerprint density at radius 1 is 0.900 bits per heavy atom. The minimum absolute atomic E-state index is 0.910. The summed E-state index contributed by atoms with van der Waals surface area (Å²) >= 11 is 5.37. The lowest BCUT2D eigenvalue weighted by molar-refractivity contribution is -0.0727. The van der Waals surface area contributed by atoms with Crippen LogP contribution in [0.5, 0.6) is 0 Å². The highest BCUT2D eigenvalue weighted by Crippen LogP contribution is 2.55. The average Bonchev–Trinajstić information content (AvgIpc) is 2.46. The van der Waals surface area contributed by atoms with Gasteiger partial charge < -0.3 is 10.2 Å². The highest BCUT2D eigenvalue weighted by Gasteiger charge is 2.50. The molecule has 0 aromatic carbocycles. The van der Waals surface area contributed by atoms with E-state index in [1.54, 1.807) is 6.42 Å². The number of hydrogen-bond acceptors (Lipinski definition) is 2. The molecule has 20 heavy (non-hydrogen) atoms. The van der Waals surface area contributed by atoms with Gasteiger partial charge in [-0.3, -0.25) is 4.90 Å². The summed E-state index contributed by atoms with van der Waals surface area (Å²) in [6.45, 7) is 4.66. The molecule has 0 amide bonds. The van der Waals surface area contributed by atoms with Crippen molar-refractivity contribution in [2.24, 2.45) is 23.7 Å². The molecule has 5 aliphatic rings. The summed E-state index contributed by atoms with van der Waals surface area (Å²) in [6.07, 6.45) is 7.70. The van der Waals surface area contributed by atoms with Gasteiger partial charge in [-0.05, 0) is 68.0 Å². The smallest absolute Gasteiger partial charge is 0.168 e. The molecule has 4 saturated carbocycles. The predicted octanol–water partition coefficient (Wildman–Crippen LogP) is 1.93. The molecule has 4 bridgehead atoms. The van der Waals surface area contributed by atoms with Gasteiger partial charge in [-0.1, -0.05) is 0 Å². The summed E-state index contributed by atoms with van der Waals surface area (Å²) in [7, 11) is 1.94. The minimum atomic E-state index is 0.910. The zero-order valence-electron chi connectivity index (χ0n) is 12.6. The topological polar surface area (TPSA) is 18.5 Å². The van der Waals surface area contributed by atoms with Gasteiger partial charge in [0, 0.05) is 39.3 Å². The van der Waals surface area contributed by atoms with Gasteiger partial charge in [0.25, 0.3) is 0 Å². The Balaban J connectivity index is 1.41. The second kappa shape index (κ2) is 5.13. The highest BCUT2D eigenvalue weighted by atomic mass is 32.1. The fourth-order valence-electron chi connectivity index (χ4n) is 5.87. The van der Waals surface area contributed by atoms with E-state index < -0.39 is 0 Å². The first-order valence-corrected chi connectivity index (χ1v) is 8.86. The van der Waals surface area contributed by atoms with E-state index in [4.69, 9.17) is 12.2 Å². The third-order valence-electron chi connectivity index (χ3n) is 6.41. The second-order valence-corrected chi connectivity index (χ2v) is 7.89. The van der Waals surface area contributed by atoms with Crippen LogP contribution in [-0.4, -0.2) is 54.2 Å². The average molecular weight is 293 g/mol. The molecule has 0 radical (unpaired) electrons. The summed E-state index contributed by atoms with van der Waals surface area (Å²) < 4.78 is 0. The van der Waals surface area contributed by atoms with Crippen LogP contribution in [-0.2, 0) is 0 Å². The molecule has 0 unspecified atom stereocenters. The van der Waals surface area contributed by atoms with Crippen LogP contribution in [0.2, 0.25) is 0 Å². The van der Waals surface area contributed by atoms with Crippen molar-refractivity contribution in [1.82, 2.24) is 15.1 Å². The van der Waals surface area contributed by atoms with Crippen molar-refractivity contribution in [1.29, 1.82) is 0 Å². The summed E-state index contributed by atoms with van der Waals surface area (Å²) in [6, 6.07) is 0.910. The zero-order valence-corrected chi connectivity index (χ0v) is 13.4. The third-order valence-corrected chi connectivity index (χ3v) is 6.88. The molecular formula is C16H27N3S. The van der Waals surface area contributed by atoms with Crippen LogP contribution in [0.15, 0.2) is 0 Å². The number of thiocarbonyl (C=S) groups is 1. The van der Waals surface area contributed by atoms with Crippen molar-refractivity contribution in [3.63, 3.8) is 0 Å². The molecule has 1 N–H and O–H groups in total. The molecule has 112 valence electrons. The molecule has 0 spiro atoms. The Labute approximate surface area is 128 Å². The van der Waals surface area contributed by atoms with Crippen LogP contribution in [0.4, 0.5) is 0 Å². The molecule has 3 nitrogen and oxygen atoms in total. The lowest BCUT2D eigenvalue weighted by atomic mass is 9.54. The molecular weight excluding hydrogens is 266 g/mol.